The van der Waals surface area contributed by atoms with Gasteiger partial charge in [-0.2, -0.15) is 4.31 Å². The Bertz CT molecular complexity index is 1130. The largest absolute Gasteiger partial charge is 0.348 e. The first-order valence-electron chi connectivity index (χ1n) is 11.7. The molecule has 0 unspecified atom stereocenters. The lowest BCUT2D eigenvalue weighted by Crippen LogP contribution is -2.39. The molecule has 0 aromatic heterocycles. The molecule has 2 aromatic rings. The van der Waals surface area contributed by atoms with Gasteiger partial charge in [-0.25, -0.2) is 8.42 Å². The van der Waals surface area contributed by atoms with Gasteiger partial charge >= 0.3 is 0 Å². The predicted octanol–water partition coefficient (Wildman–Crippen LogP) is 5.01. The molecule has 2 aromatic carbocycles. The number of nitrogens with zero attached hydrogens (tertiary/aromatic N) is 1. The van der Waals surface area contributed by atoms with Gasteiger partial charge in [-0.15, -0.1) is 0 Å². The highest BCUT2D eigenvalue weighted by atomic mass is 32.2. The number of hydrogen-bond acceptors (Lipinski definition) is 3. The summed E-state index contributed by atoms with van der Waals surface area (Å²) in [6, 6.07) is 11.2. The van der Waals surface area contributed by atoms with Crippen molar-refractivity contribution in [2.45, 2.75) is 77.3 Å². The molecule has 0 fully saturated rings. The maximum absolute atomic E-state index is 13.2. The Labute approximate surface area is 198 Å². The third kappa shape index (κ3) is 6.33. The first-order valence-corrected chi connectivity index (χ1v) is 13.2. The number of hydrogen-bond donors (Lipinski definition) is 1. The molecule has 0 saturated heterocycles. The first kappa shape index (κ1) is 25.2. The molecule has 1 heterocycles. The highest BCUT2D eigenvalue weighted by Gasteiger charge is 2.29. The van der Waals surface area contributed by atoms with E-state index in [0.717, 1.165) is 41.5 Å². The molecule has 33 heavy (non-hydrogen) atoms. The number of unbranched alkanes of at least 4 members (excludes halogenated alkanes) is 1. The molecule has 3 rings (SSSR count). The van der Waals surface area contributed by atoms with Gasteiger partial charge < -0.3 is 5.32 Å². The van der Waals surface area contributed by atoms with Gasteiger partial charge in [-0.05, 0) is 87.4 Å². The van der Waals surface area contributed by atoms with E-state index < -0.39 is 10.0 Å². The van der Waals surface area contributed by atoms with Crippen molar-refractivity contribution in [1.29, 1.82) is 0 Å². The van der Waals surface area contributed by atoms with Gasteiger partial charge in [-0.1, -0.05) is 43.2 Å². The van der Waals surface area contributed by atoms with E-state index in [4.69, 9.17) is 0 Å². The normalized spacial score (nSPS) is 14.9. The van der Waals surface area contributed by atoms with Crippen molar-refractivity contribution in [3.05, 3.63) is 70.3 Å². The monoisotopic (exact) mass is 468 g/mol. The van der Waals surface area contributed by atoms with Gasteiger partial charge in [0, 0.05) is 24.7 Å². The highest BCUT2D eigenvalue weighted by molar-refractivity contribution is 7.89. The van der Waals surface area contributed by atoms with Crippen molar-refractivity contribution in [2.24, 2.45) is 0 Å². The van der Waals surface area contributed by atoms with Crippen LogP contribution in [0.15, 0.2) is 47.4 Å². The second-order valence-electron chi connectivity index (χ2n) is 9.85. The van der Waals surface area contributed by atoms with Gasteiger partial charge in [0.05, 0.1) is 4.90 Å². The fourth-order valence-electron chi connectivity index (χ4n) is 4.13. The van der Waals surface area contributed by atoms with E-state index in [1.807, 2.05) is 45.9 Å². The molecule has 5 nitrogen and oxygen atoms in total. The lowest BCUT2D eigenvalue weighted by molar-refractivity contribution is -0.117. The van der Waals surface area contributed by atoms with Crippen LogP contribution in [0.3, 0.4) is 0 Å². The maximum atomic E-state index is 13.2. The summed E-state index contributed by atoms with van der Waals surface area (Å²) < 4.78 is 28.0. The lowest BCUT2D eigenvalue weighted by atomic mass is 9.89. The highest BCUT2D eigenvalue weighted by Crippen LogP contribution is 2.30. The summed E-state index contributed by atoms with van der Waals surface area (Å²) in [6.07, 6.45) is 7.24. The summed E-state index contributed by atoms with van der Waals surface area (Å²) in [5, 5.41) is 2.97. The number of aryl methyl sites for hydroxylation is 2. The SMILES string of the molecule is CCCCc1ccc2c(c1/C=C/C(=O)NC(C)(C)C)CCN(S(=O)(=O)c1ccc(C)cc1)C2. The van der Waals surface area contributed by atoms with Crippen LogP contribution in [0.2, 0.25) is 0 Å². The Morgan fingerprint density at radius 2 is 1.82 bits per heavy atom. The smallest absolute Gasteiger partial charge is 0.244 e. The minimum atomic E-state index is -3.55. The fourth-order valence-corrected chi connectivity index (χ4v) is 5.55. The van der Waals surface area contributed by atoms with Crippen LogP contribution >= 0.6 is 0 Å². The number of nitrogens with one attached hydrogen (secondary N) is 1. The molecule has 0 atom stereocenters. The molecule has 1 N–H and O–H groups in total. The predicted molar refractivity (Wildman–Crippen MR) is 134 cm³/mol. The summed E-state index contributed by atoms with van der Waals surface area (Å²) in [4.78, 5) is 12.7. The van der Waals surface area contributed by atoms with Gasteiger partial charge in [0.2, 0.25) is 15.9 Å². The van der Waals surface area contributed by atoms with Crippen LogP contribution in [0.4, 0.5) is 0 Å². The fraction of sp³-hybridized carbons (Fsp3) is 0.444. The van der Waals surface area contributed by atoms with E-state index in [1.54, 1.807) is 22.5 Å². The van der Waals surface area contributed by atoms with Crippen LogP contribution < -0.4 is 5.32 Å². The van der Waals surface area contributed by atoms with Gasteiger partial charge in [0.15, 0.2) is 0 Å². The molecule has 178 valence electrons. The quantitative estimate of drug-likeness (QED) is 0.581. The van der Waals surface area contributed by atoms with Crippen LogP contribution in [0, 0.1) is 6.92 Å². The zero-order valence-electron chi connectivity index (χ0n) is 20.4. The van der Waals surface area contributed by atoms with Gasteiger partial charge in [0.25, 0.3) is 0 Å². The standard InChI is InChI=1S/C27H36N2O3S/c1-6-7-8-21-11-12-22-19-29(33(31,32)23-13-9-20(2)10-14-23)18-17-25(22)24(21)15-16-26(30)28-27(3,4)5/h9-16H,6-8,17-19H2,1-5H3,(H,28,30)/b16-15+. The van der Waals surface area contributed by atoms with Crippen molar-refractivity contribution >= 4 is 22.0 Å². The van der Waals surface area contributed by atoms with Crippen molar-refractivity contribution in [3.63, 3.8) is 0 Å². The average molecular weight is 469 g/mol. The Morgan fingerprint density at radius 3 is 2.45 bits per heavy atom. The van der Waals surface area contributed by atoms with Crippen LogP contribution in [0.5, 0.6) is 0 Å². The number of fused-ring (bicyclic) bond motifs is 1. The Hall–Kier alpha value is -2.44. The third-order valence-corrected chi connectivity index (χ3v) is 7.72. The molecule has 1 amide bonds. The number of rotatable bonds is 7. The van der Waals surface area contributed by atoms with Crippen molar-refractivity contribution in [1.82, 2.24) is 9.62 Å². The summed E-state index contributed by atoms with van der Waals surface area (Å²) >= 11 is 0. The molecule has 0 spiro atoms. The summed E-state index contributed by atoms with van der Waals surface area (Å²) in [5.74, 6) is -0.124. The number of amides is 1. The second kappa shape index (κ2) is 10.2. The van der Waals surface area contributed by atoms with E-state index in [2.05, 4.69) is 24.4 Å². The lowest BCUT2D eigenvalue weighted by Gasteiger charge is -2.30. The van der Waals surface area contributed by atoms with Crippen LogP contribution in [-0.4, -0.2) is 30.7 Å². The summed E-state index contributed by atoms with van der Waals surface area (Å²) in [5.41, 5.74) is 5.17. The van der Waals surface area contributed by atoms with Crippen LogP contribution in [0.1, 0.15) is 68.4 Å². The summed E-state index contributed by atoms with van der Waals surface area (Å²) in [6.45, 7) is 10.7. The minimum absolute atomic E-state index is 0.124. The van der Waals surface area contributed by atoms with E-state index in [1.165, 1.54) is 5.56 Å². The average Bonchev–Trinajstić information content (AvgIpc) is 2.75. The van der Waals surface area contributed by atoms with E-state index in [0.29, 0.717) is 24.4 Å². The molecule has 1 aliphatic heterocycles. The minimum Gasteiger partial charge on any atom is -0.348 e. The molecule has 0 bridgehead atoms. The summed E-state index contributed by atoms with van der Waals surface area (Å²) in [7, 11) is -3.55. The number of carbonyl (C=O) groups is 1. The second-order valence-corrected chi connectivity index (χ2v) is 11.8. The molecule has 6 heteroatoms. The Balaban J connectivity index is 1.92. The van der Waals surface area contributed by atoms with Crippen molar-refractivity contribution in [3.8, 4) is 0 Å². The van der Waals surface area contributed by atoms with E-state index >= 15 is 0 Å². The van der Waals surface area contributed by atoms with Crippen molar-refractivity contribution in [2.75, 3.05) is 6.54 Å². The molecular weight excluding hydrogens is 432 g/mol. The molecule has 1 aliphatic rings. The maximum Gasteiger partial charge on any atom is 0.244 e. The molecule has 0 aliphatic carbocycles. The topological polar surface area (TPSA) is 66.5 Å². The zero-order chi connectivity index (χ0) is 24.2. The number of benzene rings is 2. The first-order chi connectivity index (χ1) is 15.5. The zero-order valence-corrected chi connectivity index (χ0v) is 21.3. The van der Waals surface area contributed by atoms with E-state index in [-0.39, 0.29) is 11.4 Å². The van der Waals surface area contributed by atoms with Crippen molar-refractivity contribution < 1.29 is 13.2 Å². The van der Waals surface area contributed by atoms with Gasteiger partial charge in [-0.3, -0.25) is 4.79 Å². The van der Waals surface area contributed by atoms with Crippen LogP contribution in [0.25, 0.3) is 6.08 Å². The Morgan fingerprint density at radius 1 is 1.12 bits per heavy atom. The molecular formula is C27H36N2O3S. The van der Waals surface area contributed by atoms with E-state index in [9.17, 15) is 13.2 Å². The molecule has 0 radical (unpaired) electrons. The molecule has 0 saturated carbocycles. The number of carbonyl (C=O) groups excluding carboxylic acids is 1. The van der Waals surface area contributed by atoms with Gasteiger partial charge in [0.1, 0.15) is 0 Å². The Kier molecular flexibility index (Phi) is 7.80. The number of sulfonamides is 1. The third-order valence-electron chi connectivity index (χ3n) is 5.86. The van der Waals surface area contributed by atoms with Crippen LogP contribution in [-0.2, 0) is 34.2 Å².